The Labute approximate surface area is 528 Å². The summed E-state index contributed by atoms with van der Waals surface area (Å²) in [6.07, 6.45) is 94.3. The molecular weight excluding hydrogens is 1070 g/mol. The lowest BCUT2D eigenvalue weighted by molar-refractivity contribution is -0.870. The summed E-state index contributed by atoms with van der Waals surface area (Å²) in [5.41, 5.74) is 0. The minimum atomic E-state index is -4.61. The fourth-order valence-electron chi connectivity index (χ4n) is 10.7. The van der Waals surface area contributed by atoms with Crippen molar-refractivity contribution in [2.24, 2.45) is 0 Å². The molecule has 0 aromatic carbocycles. The third-order valence-electron chi connectivity index (χ3n) is 16.4. The number of aliphatic hydroxyl groups is 1. The van der Waals surface area contributed by atoms with Crippen LogP contribution in [0.15, 0.2) is 85.1 Å². The maximum Gasteiger partial charge on any atom is 0.268 e. The fourth-order valence-corrected chi connectivity index (χ4v) is 11.5. The van der Waals surface area contributed by atoms with Gasteiger partial charge in [-0.25, -0.2) is 0 Å². The van der Waals surface area contributed by atoms with Crippen LogP contribution in [0.1, 0.15) is 341 Å². The van der Waals surface area contributed by atoms with E-state index < -0.39 is 20.0 Å². The Hall–Kier alpha value is -2.32. The predicted molar refractivity (Wildman–Crippen MR) is 371 cm³/mol. The summed E-state index contributed by atoms with van der Waals surface area (Å²) in [5.74, 6) is -0.193. The number of quaternary nitrogens is 1. The van der Waals surface area contributed by atoms with Gasteiger partial charge in [-0.2, -0.15) is 0 Å². The second-order valence-electron chi connectivity index (χ2n) is 25.9. The molecule has 2 N–H and O–H groups in total. The molecule has 0 fully saturated rings. The average molecular weight is 1210 g/mol. The van der Waals surface area contributed by atoms with E-state index in [1.54, 1.807) is 6.08 Å². The zero-order valence-electron chi connectivity index (χ0n) is 56.8. The maximum absolute atomic E-state index is 13.1. The number of carbonyl (C=O) groups is 1. The number of allylic oxidation sites excluding steroid dienone is 13. The van der Waals surface area contributed by atoms with Gasteiger partial charge in [0.05, 0.1) is 39.9 Å². The molecule has 0 aromatic rings. The first-order valence-corrected chi connectivity index (χ1v) is 37.9. The number of likely N-dealkylation sites (N-methyl/N-ethyl adjacent to an activating group) is 1. The minimum absolute atomic E-state index is 0.00110. The molecule has 0 heterocycles. The van der Waals surface area contributed by atoms with Crippen LogP contribution in [0, 0.1) is 0 Å². The topological polar surface area (TPSA) is 108 Å². The highest BCUT2D eigenvalue weighted by Crippen LogP contribution is 2.38. The number of hydrogen-bond acceptors (Lipinski definition) is 6. The summed E-state index contributed by atoms with van der Waals surface area (Å²) in [7, 11) is 1.27. The van der Waals surface area contributed by atoms with Gasteiger partial charge >= 0.3 is 0 Å². The van der Waals surface area contributed by atoms with Gasteiger partial charge in [-0.15, -0.1) is 0 Å². The van der Waals surface area contributed by atoms with Crippen LogP contribution in [0.4, 0.5) is 0 Å². The molecule has 0 rings (SSSR count). The Bertz CT molecular complexity index is 1660. The van der Waals surface area contributed by atoms with Crippen molar-refractivity contribution in [1.29, 1.82) is 0 Å². The minimum Gasteiger partial charge on any atom is -0.756 e. The largest absolute Gasteiger partial charge is 0.756 e. The van der Waals surface area contributed by atoms with E-state index in [1.807, 2.05) is 27.2 Å². The van der Waals surface area contributed by atoms with Gasteiger partial charge < -0.3 is 28.8 Å². The fraction of sp³-hybridized carbons (Fsp3) is 0.803. The van der Waals surface area contributed by atoms with Gasteiger partial charge in [-0.3, -0.25) is 9.36 Å². The lowest BCUT2D eigenvalue weighted by atomic mass is 10.0. The van der Waals surface area contributed by atoms with Crippen LogP contribution in [0.3, 0.4) is 0 Å². The van der Waals surface area contributed by atoms with Crippen molar-refractivity contribution in [3.63, 3.8) is 0 Å². The normalized spacial score (nSPS) is 14.1. The Balaban J connectivity index is 3.99. The zero-order chi connectivity index (χ0) is 61.9. The third kappa shape index (κ3) is 69.0. The molecule has 0 radical (unpaired) electrons. The van der Waals surface area contributed by atoms with Crippen molar-refractivity contribution in [3.05, 3.63) is 85.1 Å². The molecule has 0 aromatic heterocycles. The van der Waals surface area contributed by atoms with E-state index in [0.29, 0.717) is 17.4 Å². The van der Waals surface area contributed by atoms with Crippen LogP contribution in [0.25, 0.3) is 0 Å². The van der Waals surface area contributed by atoms with Crippen molar-refractivity contribution in [1.82, 2.24) is 5.32 Å². The van der Waals surface area contributed by atoms with E-state index in [0.717, 1.165) is 77.0 Å². The predicted octanol–water partition coefficient (Wildman–Crippen LogP) is 22.9. The number of phosphoric acid groups is 1. The van der Waals surface area contributed by atoms with Crippen LogP contribution in [0.5, 0.6) is 0 Å². The van der Waals surface area contributed by atoms with Gasteiger partial charge in [0.25, 0.3) is 7.82 Å². The van der Waals surface area contributed by atoms with Crippen molar-refractivity contribution in [3.8, 4) is 0 Å². The number of carbonyl (C=O) groups excluding carboxylic acids is 1. The number of hydrogen-bond donors (Lipinski definition) is 2. The molecule has 0 saturated heterocycles. The Morgan fingerprint density at radius 1 is 0.424 bits per heavy atom. The molecule has 85 heavy (non-hydrogen) atoms. The Morgan fingerprint density at radius 2 is 0.718 bits per heavy atom. The van der Waals surface area contributed by atoms with E-state index in [1.165, 1.54) is 244 Å². The number of phosphoric ester groups is 1. The van der Waals surface area contributed by atoms with Crippen LogP contribution in [0.2, 0.25) is 0 Å². The molecule has 0 bridgehead atoms. The maximum atomic E-state index is 13.1. The van der Waals surface area contributed by atoms with Crippen LogP contribution >= 0.6 is 7.82 Å². The average Bonchev–Trinajstić information content (AvgIpc) is 3.49. The first-order chi connectivity index (χ1) is 41.5. The monoisotopic (exact) mass is 1210 g/mol. The summed E-state index contributed by atoms with van der Waals surface area (Å²) in [5, 5.41) is 14.0. The molecule has 9 heteroatoms. The van der Waals surface area contributed by atoms with E-state index in [-0.39, 0.29) is 19.1 Å². The van der Waals surface area contributed by atoms with Gasteiger partial charge in [0, 0.05) is 6.42 Å². The molecular formula is C76H141N2O6P. The molecule has 496 valence electrons. The van der Waals surface area contributed by atoms with Gasteiger partial charge in [-0.05, 0) is 70.6 Å². The molecule has 0 aliphatic carbocycles. The quantitative estimate of drug-likeness (QED) is 0.0272. The molecule has 1 amide bonds. The molecule has 0 saturated carbocycles. The SMILES string of the molecule is CC/C=C\C/C=C\C/C=C\C/C=C\C/C=C\C/C=C\CCCCCCCCCCCCCCCCCCCCCCC(=O)NC(COP(=O)([O-])OCC[N+](C)(C)C)C(O)/C=C/CCCCCCCCCCCCCCCCCCCCCCCC. The second kappa shape index (κ2) is 66.1. The third-order valence-corrected chi connectivity index (χ3v) is 17.3. The lowest BCUT2D eigenvalue weighted by Gasteiger charge is -2.29. The smallest absolute Gasteiger partial charge is 0.268 e. The van der Waals surface area contributed by atoms with Crippen molar-refractivity contribution in [2.45, 2.75) is 353 Å². The highest BCUT2D eigenvalue weighted by Gasteiger charge is 2.23. The number of rotatable bonds is 67. The van der Waals surface area contributed by atoms with Crippen LogP contribution < -0.4 is 10.2 Å². The molecule has 3 unspecified atom stereocenters. The van der Waals surface area contributed by atoms with Crippen LogP contribution in [-0.2, 0) is 18.4 Å². The van der Waals surface area contributed by atoms with Gasteiger partial charge in [0.15, 0.2) is 0 Å². The number of amides is 1. The van der Waals surface area contributed by atoms with Crippen molar-refractivity contribution >= 4 is 13.7 Å². The Morgan fingerprint density at radius 3 is 1.05 bits per heavy atom. The molecule has 0 aliphatic rings. The number of nitrogens with one attached hydrogen (secondary N) is 1. The van der Waals surface area contributed by atoms with Gasteiger partial charge in [0.2, 0.25) is 5.91 Å². The molecule has 0 spiro atoms. The van der Waals surface area contributed by atoms with E-state index in [4.69, 9.17) is 9.05 Å². The summed E-state index contributed by atoms with van der Waals surface area (Å²) < 4.78 is 23.5. The number of unbranched alkanes of at least 4 members (excludes halogenated alkanes) is 42. The van der Waals surface area contributed by atoms with Crippen LogP contribution in [-0.4, -0.2) is 68.5 Å². The van der Waals surface area contributed by atoms with Gasteiger partial charge in [0.1, 0.15) is 13.2 Å². The molecule has 3 atom stereocenters. The molecule has 8 nitrogen and oxygen atoms in total. The second-order valence-corrected chi connectivity index (χ2v) is 27.3. The summed E-state index contributed by atoms with van der Waals surface area (Å²) in [6, 6.07) is -0.890. The summed E-state index contributed by atoms with van der Waals surface area (Å²) in [6.45, 7) is 4.58. The number of aliphatic hydroxyl groups excluding tert-OH is 1. The highest BCUT2D eigenvalue weighted by atomic mass is 31.2. The Kier molecular flexibility index (Phi) is 64.3. The van der Waals surface area contributed by atoms with Crippen molar-refractivity contribution in [2.75, 3.05) is 40.9 Å². The zero-order valence-corrected chi connectivity index (χ0v) is 57.7. The highest BCUT2D eigenvalue weighted by molar-refractivity contribution is 7.45. The number of nitrogens with zero attached hydrogens (tertiary/aromatic N) is 1. The van der Waals surface area contributed by atoms with E-state index >= 15 is 0 Å². The lowest BCUT2D eigenvalue weighted by Crippen LogP contribution is -2.45. The van der Waals surface area contributed by atoms with E-state index in [2.05, 4.69) is 92.1 Å². The van der Waals surface area contributed by atoms with E-state index in [9.17, 15) is 19.4 Å². The summed E-state index contributed by atoms with van der Waals surface area (Å²) >= 11 is 0. The first kappa shape index (κ1) is 82.7. The first-order valence-electron chi connectivity index (χ1n) is 36.4. The standard InChI is InChI=1S/C76H141N2O6P/c1-6-8-10-12-14-16-18-20-22-24-26-28-30-32-33-34-35-36-37-38-39-40-41-42-43-44-45-46-48-50-52-54-56-58-60-62-64-66-68-70-76(80)77-74(73-84-85(81,82)83-72-71-78(3,4)5)75(79)69-67-65-63-61-59-57-55-53-51-49-47-31-29-27-25-23-21-19-17-15-13-11-9-7-2/h8,10,14,16,20,22,26,28,32-33,35-36,67,69,74-75,79H,6-7,9,11-13,15,17-19,21,23-25,27,29-31,34,37-66,68,70-73H2,1-5H3,(H-,77,80,81,82)/b10-8-,16-14-,22-20-,28-26-,33-32-,36-35-,69-67+. The molecule has 0 aliphatic heterocycles. The van der Waals surface area contributed by atoms with Gasteiger partial charge in [-0.1, -0.05) is 349 Å². The summed E-state index contributed by atoms with van der Waals surface area (Å²) in [4.78, 5) is 25.7. The van der Waals surface area contributed by atoms with Crippen molar-refractivity contribution < 1.29 is 32.9 Å².